The van der Waals surface area contributed by atoms with Crippen LogP contribution in [0.4, 0.5) is 0 Å². The Hall–Kier alpha value is -2.35. The van der Waals surface area contributed by atoms with Gasteiger partial charge in [-0.05, 0) is 24.1 Å². The number of nitriles is 1. The third kappa shape index (κ3) is 2.17. The first-order valence-electron chi connectivity index (χ1n) is 6.38. The minimum absolute atomic E-state index is 0.350. The Morgan fingerprint density at radius 1 is 1.37 bits per heavy atom. The molecule has 0 spiro atoms. The quantitative estimate of drug-likeness (QED) is 0.831. The van der Waals surface area contributed by atoms with E-state index in [2.05, 4.69) is 34.4 Å². The molecular formula is C14H15N5. The summed E-state index contributed by atoms with van der Waals surface area (Å²) in [5.74, 6) is 0.813. The highest BCUT2D eigenvalue weighted by molar-refractivity contribution is 5.58. The Balaban J connectivity index is 1.85. The van der Waals surface area contributed by atoms with E-state index in [1.54, 1.807) is 12.4 Å². The van der Waals surface area contributed by atoms with Crippen molar-refractivity contribution in [2.45, 2.75) is 12.8 Å². The van der Waals surface area contributed by atoms with Crippen molar-refractivity contribution in [2.24, 2.45) is 5.92 Å². The number of hydrogen-bond acceptors (Lipinski definition) is 4. The Kier molecular flexibility index (Phi) is 2.92. The molecule has 0 amide bonds. The van der Waals surface area contributed by atoms with Crippen LogP contribution in [0.1, 0.15) is 18.5 Å². The van der Waals surface area contributed by atoms with Gasteiger partial charge >= 0.3 is 0 Å². The molecule has 1 N–H and O–H groups in total. The number of aromatic amines is 1. The summed E-state index contributed by atoms with van der Waals surface area (Å²) in [5.41, 5.74) is 3.09. The van der Waals surface area contributed by atoms with Crippen molar-refractivity contribution in [1.82, 2.24) is 20.1 Å². The number of likely N-dealkylation sites (tertiary alicyclic amines) is 1. The topological polar surface area (TPSA) is 68.6 Å². The number of nitrogens with one attached hydrogen (secondary N) is 1. The maximum Gasteiger partial charge on any atom is 0.179 e. The minimum Gasteiger partial charge on any atom is -0.310 e. The predicted octanol–water partition coefficient (Wildman–Crippen LogP) is 1.99. The molecule has 5 heteroatoms. The van der Waals surface area contributed by atoms with Crippen LogP contribution in [0.15, 0.2) is 30.6 Å². The monoisotopic (exact) mass is 253 g/mol. The van der Waals surface area contributed by atoms with Crippen LogP contribution in [0.5, 0.6) is 0 Å². The number of rotatable bonds is 2. The van der Waals surface area contributed by atoms with Crippen LogP contribution in [0.2, 0.25) is 0 Å². The zero-order valence-electron chi connectivity index (χ0n) is 10.7. The largest absolute Gasteiger partial charge is 0.310 e. The predicted molar refractivity (Wildman–Crippen MR) is 70.9 cm³/mol. The summed E-state index contributed by atoms with van der Waals surface area (Å²) in [6, 6.07) is 5.97. The molecular weight excluding hydrogens is 238 g/mol. The Labute approximate surface area is 111 Å². The van der Waals surface area contributed by atoms with Gasteiger partial charge in [-0.25, -0.2) is 0 Å². The summed E-state index contributed by atoms with van der Waals surface area (Å²) >= 11 is 0. The summed E-state index contributed by atoms with van der Waals surface area (Å²) in [4.78, 5) is 5.82. The first-order chi connectivity index (χ1) is 9.28. The van der Waals surface area contributed by atoms with E-state index in [0.717, 1.165) is 30.0 Å². The molecule has 5 nitrogen and oxygen atoms in total. The van der Waals surface area contributed by atoms with E-state index in [9.17, 15) is 0 Å². The van der Waals surface area contributed by atoms with Gasteiger partial charge in [0.1, 0.15) is 0 Å². The molecule has 2 aromatic heterocycles. The van der Waals surface area contributed by atoms with E-state index < -0.39 is 0 Å². The second-order valence-corrected chi connectivity index (χ2v) is 5.03. The van der Waals surface area contributed by atoms with E-state index in [4.69, 9.17) is 5.26 Å². The minimum atomic E-state index is 0.350. The Bertz CT molecular complexity index is 598. The lowest BCUT2D eigenvalue weighted by Gasteiger charge is -2.10. The Morgan fingerprint density at radius 3 is 2.84 bits per heavy atom. The van der Waals surface area contributed by atoms with Gasteiger partial charge in [-0.3, -0.25) is 10.1 Å². The van der Waals surface area contributed by atoms with Crippen molar-refractivity contribution in [2.75, 3.05) is 13.1 Å². The van der Waals surface area contributed by atoms with Gasteiger partial charge in [-0.2, -0.15) is 10.4 Å². The molecule has 3 rings (SSSR count). The molecule has 1 saturated heterocycles. The molecule has 19 heavy (non-hydrogen) atoms. The molecule has 3 heterocycles. The van der Waals surface area contributed by atoms with E-state index in [0.29, 0.717) is 11.8 Å². The number of nitrogens with zero attached hydrogens (tertiary/aromatic N) is 4. The third-order valence-corrected chi connectivity index (χ3v) is 3.73. The van der Waals surface area contributed by atoms with Gasteiger partial charge in [-0.15, -0.1) is 0 Å². The van der Waals surface area contributed by atoms with Crippen molar-refractivity contribution in [3.05, 3.63) is 36.3 Å². The second kappa shape index (κ2) is 4.73. The summed E-state index contributed by atoms with van der Waals surface area (Å²) in [7, 11) is 0. The molecule has 1 aliphatic heterocycles. The number of hydrogen-bond donors (Lipinski definition) is 1. The van der Waals surface area contributed by atoms with Crippen molar-refractivity contribution in [1.29, 1.82) is 5.26 Å². The van der Waals surface area contributed by atoms with Crippen LogP contribution in [-0.2, 0) is 0 Å². The highest BCUT2D eigenvalue weighted by Gasteiger charge is 2.31. The van der Waals surface area contributed by atoms with Crippen LogP contribution < -0.4 is 0 Å². The van der Waals surface area contributed by atoms with E-state index in [1.807, 2.05) is 17.0 Å². The molecule has 1 aliphatic rings. The normalized spacial score (nSPS) is 22.4. The summed E-state index contributed by atoms with van der Waals surface area (Å²) in [5, 5.41) is 16.5. The smallest absolute Gasteiger partial charge is 0.179 e. The summed E-state index contributed by atoms with van der Waals surface area (Å²) < 4.78 is 0. The molecule has 1 fully saturated rings. The lowest BCUT2D eigenvalue weighted by molar-refractivity contribution is 0.465. The SMILES string of the molecule is CC1CN(C#N)CC1c1cc(-c2ccncc2)n[nH]1. The molecule has 96 valence electrons. The van der Waals surface area contributed by atoms with Crippen molar-refractivity contribution >= 4 is 0 Å². The van der Waals surface area contributed by atoms with Crippen LogP contribution >= 0.6 is 0 Å². The lowest BCUT2D eigenvalue weighted by Crippen LogP contribution is -2.12. The molecule has 0 bridgehead atoms. The molecule has 0 aromatic carbocycles. The van der Waals surface area contributed by atoms with Gasteiger partial charge in [0, 0.05) is 42.7 Å². The van der Waals surface area contributed by atoms with Gasteiger partial charge < -0.3 is 4.90 Å². The molecule has 0 radical (unpaired) electrons. The fraction of sp³-hybridized carbons (Fsp3) is 0.357. The van der Waals surface area contributed by atoms with Gasteiger partial charge in [0.25, 0.3) is 0 Å². The van der Waals surface area contributed by atoms with Gasteiger partial charge in [0.2, 0.25) is 0 Å². The third-order valence-electron chi connectivity index (χ3n) is 3.73. The molecule has 0 saturated carbocycles. The van der Waals surface area contributed by atoms with E-state index >= 15 is 0 Å². The first kappa shape index (κ1) is 11.7. The van der Waals surface area contributed by atoms with Crippen molar-refractivity contribution in [3.8, 4) is 17.5 Å². The maximum absolute atomic E-state index is 8.97. The maximum atomic E-state index is 8.97. The van der Waals surface area contributed by atoms with Gasteiger partial charge in [-0.1, -0.05) is 6.92 Å². The summed E-state index contributed by atoms with van der Waals surface area (Å²) in [6.45, 7) is 3.77. The molecule has 2 aromatic rings. The Morgan fingerprint density at radius 2 is 2.16 bits per heavy atom. The fourth-order valence-corrected chi connectivity index (χ4v) is 2.65. The number of aromatic nitrogens is 3. The van der Waals surface area contributed by atoms with E-state index in [1.165, 1.54) is 0 Å². The zero-order valence-corrected chi connectivity index (χ0v) is 10.7. The van der Waals surface area contributed by atoms with Crippen LogP contribution in [0.3, 0.4) is 0 Å². The highest BCUT2D eigenvalue weighted by atomic mass is 15.2. The van der Waals surface area contributed by atoms with E-state index in [-0.39, 0.29) is 0 Å². The fourth-order valence-electron chi connectivity index (χ4n) is 2.65. The molecule has 0 aliphatic carbocycles. The van der Waals surface area contributed by atoms with Crippen molar-refractivity contribution in [3.63, 3.8) is 0 Å². The average molecular weight is 253 g/mol. The average Bonchev–Trinajstić information content (AvgIpc) is 3.06. The van der Waals surface area contributed by atoms with Crippen molar-refractivity contribution < 1.29 is 0 Å². The van der Waals surface area contributed by atoms with Crippen LogP contribution in [0.25, 0.3) is 11.3 Å². The van der Waals surface area contributed by atoms with Crippen LogP contribution in [0, 0.1) is 17.4 Å². The highest BCUT2D eigenvalue weighted by Crippen LogP contribution is 2.32. The zero-order chi connectivity index (χ0) is 13.2. The standard InChI is InChI=1S/C14H15N5/c1-10-7-19(9-15)8-12(10)14-6-13(17-18-14)11-2-4-16-5-3-11/h2-6,10,12H,7-8H2,1H3,(H,17,18). The lowest BCUT2D eigenvalue weighted by atomic mass is 9.94. The summed E-state index contributed by atoms with van der Waals surface area (Å²) in [6.07, 6.45) is 5.75. The van der Waals surface area contributed by atoms with Gasteiger partial charge in [0.15, 0.2) is 6.19 Å². The number of pyridine rings is 1. The number of H-pyrrole nitrogens is 1. The molecule has 2 unspecified atom stereocenters. The van der Waals surface area contributed by atoms with Gasteiger partial charge in [0.05, 0.1) is 5.69 Å². The molecule has 2 atom stereocenters. The van der Waals surface area contributed by atoms with Crippen LogP contribution in [-0.4, -0.2) is 33.2 Å². The first-order valence-corrected chi connectivity index (χ1v) is 6.38. The second-order valence-electron chi connectivity index (χ2n) is 5.03.